The smallest absolute Gasteiger partial charge is 0.253 e. The molecular weight excluding hydrogens is 328 g/mol. The molecule has 2 atom stereocenters. The van der Waals surface area contributed by atoms with Crippen LogP contribution in [-0.4, -0.2) is 58.8 Å². The third kappa shape index (κ3) is 3.05. The number of piperidine rings is 2. The van der Waals surface area contributed by atoms with Gasteiger partial charge in [0.1, 0.15) is 0 Å². The Morgan fingerprint density at radius 2 is 2.15 bits per heavy atom. The van der Waals surface area contributed by atoms with Crippen LogP contribution in [0.4, 0.5) is 0 Å². The minimum Gasteiger partial charge on any atom is -0.338 e. The number of carbonyl (C=O) groups excluding carboxylic acids is 2. The molecule has 2 aliphatic heterocycles. The zero-order chi connectivity index (χ0) is 18.1. The average molecular weight is 352 g/mol. The second-order valence-electron chi connectivity index (χ2n) is 7.19. The molecule has 0 bridgehead atoms. The Kier molecular flexibility index (Phi) is 4.59. The Labute approximate surface area is 153 Å². The average Bonchev–Trinajstić information content (AvgIpc) is 2.69. The van der Waals surface area contributed by atoms with Crippen LogP contribution < -0.4 is 5.73 Å². The first kappa shape index (κ1) is 17.0. The van der Waals surface area contributed by atoms with E-state index in [0.717, 1.165) is 23.7 Å². The molecule has 0 radical (unpaired) electrons. The van der Waals surface area contributed by atoms with Crippen LogP contribution in [0.1, 0.15) is 29.6 Å². The number of hydrogen-bond donors (Lipinski definition) is 1. The van der Waals surface area contributed by atoms with Gasteiger partial charge in [-0.3, -0.25) is 14.6 Å². The molecule has 2 saturated heterocycles. The predicted octanol–water partition coefficient (Wildman–Crippen LogP) is 1.65. The van der Waals surface area contributed by atoms with E-state index in [2.05, 4.69) is 4.98 Å². The first-order valence-electron chi connectivity index (χ1n) is 9.31. The van der Waals surface area contributed by atoms with Gasteiger partial charge in [0, 0.05) is 55.8 Å². The van der Waals surface area contributed by atoms with E-state index >= 15 is 0 Å². The fraction of sp³-hybridized carbons (Fsp3) is 0.450. The largest absolute Gasteiger partial charge is 0.338 e. The highest BCUT2D eigenvalue weighted by Gasteiger charge is 2.40. The first-order chi connectivity index (χ1) is 12.7. The fourth-order valence-electron chi connectivity index (χ4n) is 4.36. The van der Waals surface area contributed by atoms with E-state index in [1.807, 2.05) is 40.1 Å². The number of amides is 2. The standard InChI is InChI=1S/C20H24N4O2/c21-8-11-24-18-7-10-23(13-16(18)4-6-19(24)25)20(26)15-3-5-17-14(12-15)2-1-9-22-17/h1-3,5,9,12,16,18H,4,6-8,10-11,13,21H2/t16-,18+/m0/s1. The van der Waals surface area contributed by atoms with E-state index in [-0.39, 0.29) is 17.9 Å². The Bertz CT molecular complexity index is 837. The summed E-state index contributed by atoms with van der Waals surface area (Å²) < 4.78 is 0. The van der Waals surface area contributed by atoms with Crippen LogP contribution in [0.5, 0.6) is 0 Å². The van der Waals surface area contributed by atoms with Gasteiger partial charge in [0.2, 0.25) is 5.91 Å². The number of pyridine rings is 1. The normalized spacial score (nSPS) is 23.2. The van der Waals surface area contributed by atoms with Crippen molar-refractivity contribution < 1.29 is 9.59 Å². The molecule has 0 saturated carbocycles. The lowest BCUT2D eigenvalue weighted by molar-refractivity contribution is -0.140. The number of hydrogen-bond acceptors (Lipinski definition) is 4. The minimum atomic E-state index is 0.0662. The fourth-order valence-corrected chi connectivity index (χ4v) is 4.36. The summed E-state index contributed by atoms with van der Waals surface area (Å²) in [6.45, 7) is 2.50. The van der Waals surface area contributed by atoms with Gasteiger partial charge >= 0.3 is 0 Å². The van der Waals surface area contributed by atoms with Crippen molar-refractivity contribution in [3.05, 3.63) is 42.1 Å². The first-order valence-corrected chi connectivity index (χ1v) is 9.31. The molecule has 2 aliphatic rings. The van der Waals surface area contributed by atoms with Crippen LogP contribution in [0, 0.1) is 5.92 Å². The van der Waals surface area contributed by atoms with Gasteiger partial charge in [-0.2, -0.15) is 0 Å². The number of aromatic nitrogens is 1. The lowest BCUT2D eigenvalue weighted by Gasteiger charge is -2.47. The molecule has 3 heterocycles. The number of rotatable bonds is 3. The lowest BCUT2D eigenvalue weighted by Crippen LogP contribution is -2.57. The van der Waals surface area contributed by atoms with Crippen molar-refractivity contribution in [2.24, 2.45) is 11.7 Å². The summed E-state index contributed by atoms with van der Waals surface area (Å²) in [6, 6.07) is 9.76. The van der Waals surface area contributed by atoms with Crippen molar-refractivity contribution >= 4 is 22.7 Å². The van der Waals surface area contributed by atoms with E-state index < -0.39 is 0 Å². The molecule has 136 valence electrons. The molecule has 0 unspecified atom stereocenters. The molecule has 6 nitrogen and oxygen atoms in total. The number of benzene rings is 1. The molecule has 2 fully saturated rings. The van der Waals surface area contributed by atoms with Crippen LogP contribution in [0.2, 0.25) is 0 Å². The number of carbonyl (C=O) groups is 2. The quantitative estimate of drug-likeness (QED) is 0.911. The summed E-state index contributed by atoms with van der Waals surface area (Å²) >= 11 is 0. The van der Waals surface area contributed by atoms with Crippen LogP contribution in [0.15, 0.2) is 36.5 Å². The van der Waals surface area contributed by atoms with Crippen molar-refractivity contribution in [3.63, 3.8) is 0 Å². The SMILES string of the molecule is NCCN1C(=O)CC[C@H]2CN(C(=O)c3ccc4ncccc4c3)CC[C@H]21. The monoisotopic (exact) mass is 352 g/mol. The highest BCUT2D eigenvalue weighted by Crippen LogP contribution is 2.31. The summed E-state index contributed by atoms with van der Waals surface area (Å²) in [5.74, 6) is 0.619. The number of nitrogens with zero attached hydrogens (tertiary/aromatic N) is 3. The highest BCUT2D eigenvalue weighted by molar-refractivity contribution is 5.98. The third-order valence-electron chi connectivity index (χ3n) is 5.65. The van der Waals surface area contributed by atoms with Gasteiger partial charge in [0.05, 0.1) is 5.52 Å². The maximum Gasteiger partial charge on any atom is 0.253 e. The van der Waals surface area contributed by atoms with Gasteiger partial charge in [-0.1, -0.05) is 6.07 Å². The predicted molar refractivity (Wildman–Crippen MR) is 99.5 cm³/mol. The summed E-state index contributed by atoms with van der Waals surface area (Å²) in [7, 11) is 0. The van der Waals surface area contributed by atoms with Crippen molar-refractivity contribution in [1.82, 2.24) is 14.8 Å². The number of nitrogens with two attached hydrogens (primary N) is 1. The molecule has 1 aromatic carbocycles. The molecule has 2 aromatic rings. The molecule has 0 spiro atoms. The van der Waals surface area contributed by atoms with Crippen molar-refractivity contribution in [2.45, 2.75) is 25.3 Å². The topological polar surface area (TPSA) is 79.5 Å². The van der Waals surface area contributed by atoms with Gasteiger partial charge in [0.25, 0.3) is 5.91 Å². The molecule has 26 heavy (non-hydrogen) atoms. The number of fused-ring (bicyclic) bond motifs is 2. The summed E-state index contributed by atoms with van der Waals surface area (Å²) in [6.07, 6.45) is 4.00. The van der Waals surface area contributed by atoms with Crippen molar-refractivity contribution in [1.29, 1.82) is 0 Å². The Hall–Kier alpha value is -2.47. The Balaban J connectivity index is 1.50. The van der Waals surface area contributed by atoms with Crippen LogP contribution in [0.3, 0.4) is 0 Å². The van der Waals surface area contributed by atoms with Gasteiger partial charge in [-0.05, 0) is 43.0 Å². The maximum absolute atomic E-state index is 13.0. The summed E-state index contributed by atoms with van der Waals surface area (Å²) in [4.78, 5) is 33.4. The zero-order valence-electron chi connectivity index (χ0n) is 14.8. The second-order valence-corrected chi connectivity index (χ2v) is 7.19. The van der Waals surface area contributed by atoms with E-state index in [1.165, 1.54) is 0 Å². The van der Waals surface area contributed by atoms with E-state index in [4.69, 9.17) is 5.73 Å². The van der Waals surface area contributed by atoms with E-state index in [9.17, 15) is 9.59 Å². The molecular formula is C20H24N4O2. The minimum absolute atomic E-state index is 0.0662. The van der Waals surface area contributed by atoms with Gasteiger partial charge < -0.3 is 15.5 Å². The van der Waals surface area contributed by atoms with E-state index in [0.29, 0.717) is 44.1 Å². The molecule has 4 rings (SSSR count). The van der Waals surface area contributed by atoms with Crippen LogP contribution >= 0.6 is 0 Å². The zero-order valence-corrected chi connectivity index (χ0v) is 14.8. The van der Waals surface area contributed by atoms with Gasteiger partial charge in [-0.25, -0.2) is 0 Å². The molecule has 0 aliphatic carbocycles. The third-order valence-corrected chi connectivity index (χ3v) is 5.65. The van der Waals surface area contributed by atoms with Crippen LogP contribution in [0.25, 0.3) is 10.9 Å². The maximum atomic E-state index is 13.0. The lowest BCUT2D eigenvalue weighted by atomic mass is 9.83. The van der Waals surface area contributed by atoms with E-state index in [1.54, 1.807) is 6.20 Å². The van der Waals surface area contributed by atoms with Gasteiger partial charge in [0.15, 0.2) is 0 Å². The number of likely N-dealkylation sites (tertiary alicyclic amines) is 2. The van der Waals surface area contributed by atoms with Gasteiger partial charge in [-0.15, -0.1) is 0 Å². The molecule has 2 amide bonds. The second kappa shape index (κ2) is 7.03. The Morgan fingerprint density at radius 1 is 1.27 bits per heavy atom. The Morgan fingerprint density at radius 3 is 3.00 bits per heavy atom. The highest BCUT2D eigenvalue weighted by atomic mass is 16.2. The summed E-state index contributed by atoms with van der Waals surface area (Å²) in [5.41, 5.74) is 7.27. The summed E-state index contributed by atoms with van der Waals surface area (Å²) in [5, 5.41) is 0.977. The van der Waals surface area contributed by atoms with Crippen molar-refractivity contribution in [2.75, 3.05) is 26.2 Å². The van der Waals surface area contributed by atoms with Crippen molar-refractivity contribution in [3.8, 4) is 0 Å². The molecule has 1 aromatic heterocycles. The molecule has 2 N–H and O–H groups in total. The molecule has 6 heteroatoms. The van der Waals surface area contributed by atoms with Crippen LogP contribution in [-0.2, 0) is 4.79 Å².